The summed E-state index contributed by atoms with van der Waals surface area (Å²) in [7, 11) is 1.54. The minimum atomic E-state index is -1.11. The van der Waals surface area contributed by atoms with E-state index in [2.05, 4.69) is 10.7 Å². The molecule has 10 heteroatoms. The van der Waals surface area contributed by atoms with E-state index in [-0.39, 0.29) is 11.5 Å². The zero-order chi connectivity index (χ0) is 24.9. The summed E-state index contributed by atoms with van der Waals surface area (Å²) in [4.78, 5) is 40.2. The van der Waals surface area contributed by atoms with Crippen molar-refractivity contribution in [3.05, 3.63) is 90.2 Å². The van der Waals surface area contributed by atoms with E-state index in [0.717, 1.165) is 0 Å². The number of carbonyl (C=O) groups excluding carboxylic acids is 3. The minimum absolute atomic E-state index is 0.0341. The van der Waals surface area contributed by atoms with Gasteiger partial charge in [0.2, 0.25) is 11.0 Å². The Hall–Kier alpha value is -4.31. The van der Waals surface area contributed by atoms with Crippen LogP contribution in [-0.2, 0) is 9.59 Å². The number of hydrazine groups is 1. The van der Waals surface area contributed by atoms with Gasteiger partial charge in [0, 0.05) is 11.3 Å². The van der Waals surface area contributed by atoms with E-state index in [9.17, 15) is 18.8 Å². The molecule has 3 amide bonds. The SMILES string of the molecule is COc1ccc(NC(=O)C[C@@H]2C(=O)N(c3ccc(F)cc3)C(=S)N2NC(=O)c2ccccc2)cc1. The average Bonchev–Trinajstić information content (AvgIpc) is 3.09. The highest BCUT2D eigenvalue weighted by atomic mass is 32.1. The highest BCUT2D eigenvalue weighted by molar-refractivity contribution is 7.80. The van der Waals surface area contributed by atoms with Crippen molar-refractivity contribution in [3.8, 4) is 5.75 Å². The zero-order valence-electron chi connectivity index (χ0n) is 18.6. The summed E-state index contributed by atoms with van der Waals surface area (Å²) in [5.74, 6) is -1.33. The van der Waals surface area contributed by atoms with Gasteiger partial charge in [-0.05, 0) is 72.9 Å². The van der Waals surface area contributed by atoms with Crippen LogP contribution in [0.1, 0.15) is 16.8 Å². The van der Waals surface area contributed by atoms with E-state index in [0.29, 0.717) is 22.7 Å². The molecule has 178 valence electrons. The van der Waals surface area contributed by atoms with Crippen LogP contribution in [0.2, 0.25) is 0 Å². The van der Waals surface area contributed by atoms with Crippen molar-refractivity contribution in [1.82, 2.24) is 10.4 Å². The molecule has 4 rings (SSSR count). The molecule has 0 spiro atoms. The molecule has 0 radical (unpaired) electrons. The van der Waals surface area contributed by atoms with Gasteiger partial charge in [0.25, 0.3) is 11.8 Å². The van der Waals surface area contributed by atoms with Crippen molar-refractivity contribution in [2.24, 2.45) is 0 Å². The molecule has 0 unspecified atom stereocenters. The van der Waals surface area contributed by atoms with Crippen LogP contribution in [0.25, 0.3) is 0 Å². The molecule has 3 aromatic carbocycles. The molecule has 2 N–H and O–H groups in total. The van der Waals surface area contributed by atoms with E-state index in [1.54, 1.807) is 54.6 Å². The first-order chi connectivity index (χ1) is 16.9. The Kier molecular flexibility index (Phi) is 7.02. The molecule has 35 heavy (non-hydrogen) atoms. The first kappa shape index (κ1) is 23.8. The fraction of sp³-hybridized carbons (Fsp3) is 0.120. The molecule has 0 aliphatic carbocycles. The summed E-state index contributed by atoms with van der Waals surface area (Å²) in [6, 6.07) is 19.2. The summed E-state index contributed by atoms with van der Waals surface area (Å²) in [6.45, 7) is 0. The topological polar surface area (TPSA) is 91.0 Å². The van der Waals surface area contributed by atoms with Crippen molar-refractivity contribution in [3.63, 3.8) is 0 Å². The fourth-order valence-electron chi connectivity index (χ4n) is 3.55. The molecule has 1 saturated heterocycles. The van der Waals surface area contributed by atoms with Crippen LogP contribution in [0.4, 0.5) is 15.8 Å². The Morgan fingerprint density at radius 2 is 1.66 bits per heavy atom. The second-order valence-corrected chi connectivity index (χ2v) is 7.97. The van der Waals surface area contributed by atoms with E-state index < -0.39 is 29.6 Å². The Labute approximate surface area is 206 Å². The summed E-state index contributed by atoms with van der Waals surface area (Å²) < 4.78 is 18.6. The molecule has 1 aliphatic heterocycles. The number of nitrogens with one attached hydrogen (secondary N) is 2. The Balaban J connectivity index is 1.57. The zero-order valence-corrected chi connectivity index (χ0v) is 19.4. The van der Waals surface area contributed by atoms with Gasteiger partial charge < -0.3 is 10.1 Å². The van der Waals surface area contributed by atoms with Crippen LogP contribution in [0.5, 0.6) is 5.75 Å². The van der Waals surface area contributed by atoms with Gasteiger partial charge in [0.15, 0.2) is 0 Å². The summed E-state index contributed by atoms with van der Waals surface area (Å²) in [5, 5.41) is 3.89. The van der Waals surface area contributed by atoms with Gasteiger partial charge in [-0.15, -0.1) is 0 Å². The van der Waals surface area contributed by atoms with E-state index >= 15 is 0 Å². The first-order valence-electron chi connectivity index (χ1n) is 10.6. The quantitative estimate of drug-likeness (QED) is 0.491. The van der Waals surface area contributed by atoms with Crippen LogP contribution in [-0.4, -0.2) is 41.0 Å². The second-order valence-electron chi connectivity index (χ2n) is 7.61. The molecular formula is C25H21FN4O4S. The maximum Gasteiger partial charge on any atom is 0.269 e. The maximum atomic E-state index is 13.4. The predicted octanol–water partition coefficient (Wildman–Crippen LogP) is 3.51. The molecule has 3 aromatic rings. The van der Waals surface area contributed by atoms with Crippen molar-refractivity contribution in [2.75, 3.05) is 17.3 Å². The maximum absolute atomic E-state index is 13.4. The van der Waals surface area contributed by atoms with Gasteiger partial charge in [0.1, 0.15) is 17.6 Å². The molecular weight excluding hydrogens is 471 g/mol. The van der Waals surface area contributed by atoms with Crippen LogP contribution in [0.15, 0.2) is 78.9 Å². The number of ether oxygens (including phenoxy) is 1. The van der Waals surface area contributed by atoms with E-state index in [1.807, 2.05) is 0 Å². The number of nitrogens with zero attached hydrogens (tertiary/aromatic N) is 2. The molecule has 1 fully saturated rings. The van der Waals surface area contributed by atoms with Crippen molar-refractivity contribution < 1.29 is 23.5 Å². The molecule has 8 nitrogen and oxygen atoms in total. The van der Waals surface area contributed by atoms with Crippen LogP contribution in [0, 0.1) is 5.82 Å². The number of thiocarbonyl (C=S) groups is 1. The number of halogens is 1. The number of carbonyl (C=O) groups is 3. The molecule has 0 bridgehead atoms. The third kappa shape index (κ3) is 5.28. The monoisotopic (exact) mass is 492 g/mol. The van der Waals surface area contributed by atoms with Gasteiger partial charge in [-0.25, -0.2) is 9.40 Å². The predicted molar refractivity (Wildman–Crippen MR) is 132 cm³/mol. The van der Waals surface area contributed by atoms with E-state index in [1.165, 1.54) is 41.3 Å². The lowest BCUT2D eigenvalue weighted by atomic mass is 10.1. The lowest BCUT2D eigenvalue weighted by Gasteiger charge is -2.24. The standard InChI is InChI=1S/C25H21FN4O4S/c1-34-20-13-9-18(10-14-20)27-22(31)15-21-24(33)29(19-11-7-17(26)8-12-19)25(35)30(21)28-23(32)16-5-3-2-4-6-16/h2-14,21H,15H2,1H3,(H,27,31)(H,28,32)/t21-/m1/s1. The highest BCUT2D eigenvalue weighted by Crippen LogP contribution is 2.27. The largest absolute Gasteiger partial charge is 0.497 e. The van der Waals surface area contributed by atoms with Crippen LogP contribution in [0.3, 0.4) is 0 Å². The van der Waals surface area contributed by atoms with Gasteiger partial charge in [-0.3, -0.25) is 24.7 Å². The Morgan fingerprint density at radius 1 is 1.00 bits per heavy atom. The number of methoxy groups -OCH3 is 1. The molecule has 1 aliphatic rings. The fourth-order valence-corrected chi connectivity index (χ4v) is 3.92. The molecule has 1 heterocycles. The molecule has 0 saturated carbocycles. The van der Waals surface area contributed by atoms with Crippen molar-refractivity contribution >= 4 is 46.4 Å². The average molecular weight is 493 g/mol. The smallest absolute Gasteiger partial charge is 0.269 e. The summed E-state index contributed by atoms with van der Waals surface area (Å²) in [5.41, 5.74) is 3.82. The summed E-state index contributed by atoms with van der Waals surface area (Å²) in [6.07, 6.45) is -0.294. The van der Waals surface area contributed by atoms with Crippen molar-refractivity contribution in [1.29, 1.82) is 0 Å². The molecule has 0 aromatic heterocycles. The van der Waals surface area contributed by atoms with Gasteiger partial charge in [-0.2, -0.15) is 0 Å². The van der Waals surface area contributed by atoms with E-state index in [4.69, 9.17) is 17.0 Å². The van der Waals surface area contributed by atoms with Gasteiger partial charge >= 0.3 is 0 Å². The third-order valence-electron chi connectivity index (χ3n) is 5.31. The third-order valence-corrected chi connectivity index (χ3v) is 5.69. The number of benzene rings is 3. The lowest BCUT2D eigenvalue weighted by molar-refractivity contribution is -0.124. The van der Waals surface area contributed by atoms with Gasteiger partial charge in [-0.1, -0.05) is 18.2 Å². The van der Waals surface area contributed by atoms with Crippen molar-refractivity contribution in [2.45, 2.75) is 12.5 Å². The second kappa shape index (κ2) is 10.3. The number of hydrogen-bond donors (Lipinski definition) is 2. The van der Waals surface area contributed by atoms with Crippen LogP contribution >= 0.6 is 12.2 Å². The number of anilines is 2. The first-order valence-corrected chi connectivity index (χ1v) is 11.0. The highest BCUT2D eigenvalue weighted by Gasteiger charge is 2.45. The number of amides is 3. The lowest BCUT2D eigenvalue weighted by Crippen LogP contribution is -2.49. The minimum Gasteiger partial charge on any atom is -0.497 e. The number of rotatable bonds is 7. The summed E-state index contributed by atoms with van der Waals surface area (Å²) >= 11 is 5.49. The number of hydrogen-bond acceptors (Lipinski definition) is 5. The normalized spacial score (nSPS) is 15.2. The Bertz CT molecular complexity index is 1250. The van der Waals surface area contributed by atoms with Gasteiger partial charge in [0.05, 0.1) is 19.2 Å². The molecule has 1 atom stereocenters. The Morgan fingerprint density at radius 3 is 2.29 bits per heavy atom. The van der Waals surface area contributed by atoms with Crippen LogP contribution < -0.4 is 20.4 Å².